The third-order valence-corrected chi connectivity index (χ3v) is 3.12. The van der Waals surface area contributed by atoms with Crippen molar-refractivity contribution in [3.05, 3.63) is 65.1 Å². The number of hydrogen-bond acceptors (Lipinski definition) is 4. The van der Waals surface area contributed by atoms with Crippen LogP contribution in [0.25, 0.3) is 0 Å². The molecule has 2 N–H and O–H groups in total. The molecule has 2 rings (SSSR count). The molecule has 0 atom stereocenters. The first-order valence-corrected chi connectivity index (χ1v) is 7.19. The average molecular weight is 317 g/mol. The lowest BCUT2D eigenvalue weighted by Crippen LogP contribution is -2.24. The molecule has 0 aliphatic heterocycles. The number of nitrogens with one attached hydrogen (secondary N) is 2. The Morgan fingerprint density at radius 3 is 2.73 bits per heavy atom. The van der Waals surface area contributed by atoms with Gasteiger partial charge >= 0.3 is 0 Å². The molecule has 0 unspecified atom stereocenters. The number of anilines is 1. The Morgan fingerprint density at radius 2 is 2.05 bits per heavy atom. The van der Waals surface area contributed by atoms with Crippen molar-refractivity contribution in [1.82, 2.24) is 15.3 Å². The first-order chi connectivity index (χ1) is 10.6. The first kappa shape index (κ1) is 16.0. The lowest BCUT2D eigenvalue weighted by atomic mass is 10.2. The first-order valence-electron chi connectivity index (χ1n) is 6.81. The predicted molar refractivity (Wildman–Crippen MR) is 88.1 cm³/mol. The van der Waals surface area contributed by atoms with Gasteiger partial charge in [0.1, 0.15) is 17.3 Å². The molecule has 0 aliphatic rings. The van der Waals surface area contributed by atoms with Crippen LogP contribution in [0, 0.1) is 6.92 Å². The molecule has 0 radical (unpaired) electrons. The van der Waals surface area contributed by atoms with E-state index in [0.29, 0.717) is 35.4 Å². The standard InChI is InChI=1S/C16H17ClN4O/c1-3-8-18-15-9-14(20-11(2)21-15)16(22)19-10-12-4-6-13(17)7-5-12/h3-7,9H,1,8,10H2,2H3,(H,19,22)(H,18,20,21). The van der Waals surface area contributed by atoms with E-state index in [1.165, 1.54) is 0 Å². The summed E-state index contributed by atoms with van der Waals surface area (Å²) in [6.45, 7) is 6.36. The van der Waals surface area contributed by atoms with Crippen LogP contribution in [0.5, 0.6) is 0 Å². The SMILES string of the molecule is C=CCNc1cc(C(=O)NCc2ccc(Cl)cc2)nc(C)n1. The monoisotopic (exact) mass is 316 g/mol. The van der Waals surface area contributed by atoms with Gasteiger partial charge in [-0.15, -0.1) is 6.58 Å². The summed E-state index contributed by atoms with van der Waals surface area (Å²) in [5.41, 5.74) is 1.29. The van der Waals surface area contributed by atoms with E-state index in [1.54, 1.807) is 31.2 Å². The van der Waals surface area contributed by atoms with Crippen molar-refractivity contribution in [2.75, 3.05) is 11.9 Å². The normalized spacial score (nSPS) is 10.1. The predicted octanol–water partition coefficient (Wildman–Crippen LogP) is 2.97. The second-order valence-electron chi connectivity index (χ2n) is 4.66. The fourth-order valence-corrected chi connectivity index (χ4v) is 1.95. The summed E-state index contributed by atoms with van der Waals surface area (Å²) in [4.78, 5) is 20.6. The summed E-state index contributed by atoms with van der Waals surface area (Å²) in [7, 11) is 0. The number of nitrogens with zero attached hydrogens (tertiary/aromatic N) is 2. The molecule has 0 bridgehead atoms. The molecule has 1 amide bonds. The lowest BCUT2D eigenvalue weighted by Gasteiger charge is -2.08. The highest BCUT2D eigenvalue weighted by Gasteiger charge is 2.10. The molecular weight excluding hydrogens is 300 g/mol. The van der Waals surface area contributed by atoms with Crippen molar-refractivity contribution < 1.29 is 4.79 Å². The summed E-state index contributed by atoms with van der Waals surface area (Å²) in [5.74, 6) is 0.886. The fourth-order valence-electron chi connectivity index (χ4n) is 1.83. The number of amides is 1. The minimum atomic E-state index is -0.248. The van der Waals surface area contributed by atoms with Gasteiger partial charge in [-0.25, -0.2) is 9.97 Å². The van der Waals surface area contributed by atoms with Gasteiger partial charge in [-0.1, -0.05) is 29.8 Å². The molecule has 114 valence electrons. The van der Waals surface area contributed by atoms with Gasteiger partial charge in [-0.3, -0.25) is 4.79 Å². The Kier molecular flexibility index (Phi) is 5.49. The Labute approximate surface area is 134 Å². The summed E-state index contributed by atoms with van der Waals surface area (Å²) in [6, 6.07) is 8.92. The number of carbonyl (C=O) groups excluding carboxylic acids is 1. The van der Waals surface area contributed by atoms with Crippen molar-refractivity contribution >= 4 is 23.3 Å². The second-order valence-corrected chi connectivity index (χ2v) is 5.10. The van der Waals surface area contributed by atoms with E-state index in [4.69, 9.17) is 11.6 Å². The smallest absolute Gasteiger partial charge is 0.270 e. The van der Waals surface area contributed by atoms with Crippen molar-refractivity contribution in [2.45, 2.75) is 13.5 Å². The van der Waals surface area contributed by atoms with Crippen LogP contribution >= 0.6 is 11.6 Å². The molecule has 0 spiro atoms. The van der Waals surface area contributed by atoms with Gasteiger partial charge < -0.3 is 10.6 Å². The van der Waals surface area contributed by atoms with Crippen molar-refractivity contribution in [1.29, 1.82) is 0 Å². The molecule has 22 heavy (non-hydrogen) atoms. The van der Waals surface area contributed by atoms with Crippen molar-refractivity contribution in [2.24, 2.45) is 0 Å². The van der Waals surface area contributed by atoms with E-state index in [-0.39, 0.29) is 5.91 Å². The number of aromatic nitrogens is 2. The maximum atomic E-state index is 12.2. The molecule has 0 aliphatic carbocycles. The molecule has 5 nitrogen and oxygen atoms in total. The van der Waals surface area contributed by atoms with Gasteiger partial charge in [0.2, 0.25) is 0 Å². The molecule has 1 heterocycles. The lowest BCUT2D eigenvalue weighted by molar-refractivity contribution is 0.0945. The van der Waals surface area contributed by atoms with Gasteiger partial charge in [-0.2, -0.15) is 0 Å². The molecule has 0 saturated carbocycles. The average Bonchev–Trinajstić information content (AvgIpc) is 2.51. The number of rotatable bonds is 6. The van der Waals surface area contributed by atoms with Gasteiger partial charge in [0.05, 0.1) is 0 Å². The van der Waals surface area contributed by atoms with E-state index in [9.17, 15) is 4.79 Å². The maximum absolute atomic E-state index is 12.2. The zero-order valence-electron chi connectivity index (χ0n) is 12.3. The maximum Gasteiger partial charge on any atom is 0.270 e. The summed E-state index contributed by atoms with van der Waals surface area (Å²) in [5, 5.41) is 6.54. The minimum Gasteiger partial charge on any atom is -0.366 e. The largest absolute Gasteiger partial charge is 0.366 e. The van der Waals surface area contributed by atoms with E-state index in [0.717, 1.165) is 5.56 Å². The molecule has 2 aromatic rings. The number of carbonyl (C=O) groups is 1. The van der Waals surface area contributed by atoms with Gasteiger partial charge in [-0.05, 0) is 24.6 Å². The van der Waals surface area contributed by atoms with Crippen LogP contribution in [0.2, 0.25) is 5.02 Å². The summed E-state index contributed by atoms with van der Waals surface area (Å²) in [6.07, 6.45) is 1.72. The highest BCUT2D eigenvalue weighted by Crippen LogP contribution is 2.10. The van der Waals surface area contributed by atoms with Gasteiger partial charge in [0, 0.05) is 24.2 Å². The Hall–Kier alpha value is -2.40. The number of halogens is 1. The van der Waals surface area contributed by atoms with Crippen LogP contribution < -0.4 is 10.6 Å². The zero-order valence-corrected chi connectivity index (χ0v) is 13.0. The molecule has 0 fully saturated rings. The Balaban J connectivity index is 2.03. The van der Waals surface area contributed by atoms with Crippen LogP contribution in [0.1, 0.15) is 21.9 Å². The Morgan fingerprint density at radius 1 is 1.32 bits per heavy atom. The highest BCUT2D eigenvalue weighted by molar-refractivity contribution is 6.30. The van der Waals surface area contributed by atoms with E-state index < -0.39 is 0 Å². The molecule has 1 aromatic carbocycles. The summed E-state index contributed by atoms with van der Waals surface area (Å²) < 4.78 is 0. The topological polar surface area (TPSA) is 66.9 Å². The van der Waals surface area contributed by atoms with Crippen LogP contribution in [-0.4, -0.2) is 22.4 Å². The van der Waals surface area contributed by atoms with Crippen molar-refractivity contribution in [3.8, 4) is 0 Å². The summed E-state index contributed by atoms with van der Waals surface area (Å²) >= 11 is 5.83. The van der Waals surface area contributed by atoms with Crippen LogP contribution in [-0.2, 0) is 6.54 Å². The fraction of sp³-hybridized carbons (Fsp3) is 0.188. The Bertz CT molecular complexity index is 670. The number of aryl methyl sites for hydroxylation is 1. The quantitative estimate of drug-likeness (QED) is 0.804. The number of hydrogen-bond donors (Lipinski definition) is 2. The number of benzene rings is 1. The minimum absolute atomic E-state index is 0.248. The zero-order chi connectivity index (χ0) is 15.9. The molecular formula is C16H17ClN4O. The van der Waals surface area contributed by atoms with E-state index in [2.05, 4.69) is 27.2 Å². The van der Waals surface area contributed by atoms with Crippen LogP contribution in [0.15, 0.2) is 43.0 Å². The third kappa shape index (κ3) is 4.56. The van der Waals surface area contributed by atoms with E-state index >= 15 is 0 Å². The van der Waals surface area contributed by atoms with Crippen LogP contribution in [0.3, 0.4) is 0 Å². The van der Waals surface area contributed by atoms with E-state index in [1.807, 2.05) is 12.1 Å². The van der Waals surface area contributed by atoms with Crippen molar-refractivity contribution in [3.63, 3.8) is 0 Å². The highest BCUT2D eigenvalue weighted by atomic mass is 35.5. The molecule has 6 heteroatoms. The molecule has 1 aromatic heterocycles. The third-order valence-electron chi connectivity index (χ3n) is 2.86. The van der Waals surface area contributed by atoms with Crippen LogP contribution in [0.4, 0.5) is 5.82 Å². The second kappa shape index (κ2) is 7.56. The molecule has 0 saturated heterocycles. The van der Waals surface area contributed by atoms with Gasteiger partial charge in [0.25, 0.3) is 5.91 Å². The van der Waals surface area contributed by atoms with Gasteiger partial charge in [0.15, 0.2) is 0 Å².